The molecule has 1 atom stereocenters. The van der Waals surface area contributed by atoms with Crippen LogP contribution in [-0.2, 0) is 6.18 Å². The predicted octanol–water partition coefficient (Wildman–Crippen LogP) is 5.67. The van der Waals surface area contributed by atoms with E-state index in [2.05, 4.69) is 5.32 Å². The lowest BCUT2D eigenvalue weighted by Gasteiger charge is -2.17. The molecule has 2 aromatic rings. The van der Waals surface area contributed by atoms with Crippen molar-refractivity contribution in [2.24, 2.45) is 0 Å². The molecule has 1 N–H and O–H groups in total. The van der Waals surface area contributed by atoms with Gasteiger partial charge in [0.15, 0.2) is 0 Å². The average molecular weight is 318 g/mol. The molecular weight excluding hydrogens is 306 g/mol. The van der Waals surface area contributed by atoms with Crippen molar-refractivity contribution in [2.75, 3.05) is 5.32 Å². The van der Waals surface area contributed by atoms with Crippen LogP contribution < -0.4 is 5.32 Å². The van der Waals surface area contributed by atoms with Crippen LogP contribution in [0.3, 0.4) is 0 Å². The van der Waals surface area contributed by atoms with Crippen LogP contribution in [0.4, 0.5) is 23.2 Å². The van der Waals surface area contributed by atoms with Crippen LogP contribution in [0.15, 0.2) is 42.5 Å². The molecule has 0 radical (unpaired) electrons. The Labute approximate surface area is 124 Å². The molecule has 1 nitrogen and oxygen atoms in total. The minimum Gasteiger partial charge on any atom is -0.379 e. The first kappa shape index (κ1) is 15.6. The van der Waals surface area contributed by atoms with Crippen molar-refractivity contribution in [3.63, 3.8) is 0 Å². The van der Waals surface area contributed by atoms with Crippen molar-refractivity contribution < 1.29 is 17.6 Å². The van der Waals surface area contributed by atoms with E-state index in [1.165, 1.54) is 30.3 Å². The molecule has 2 rings (SSSR count). The molecule has 0 aromatic heterocycles. The van der Waals surface area contributed by atoms with E-state index in [4.69, 9.17) is 11.6 Å². The van der Waals surface area contributed by atoms with Gasteiger partial charge in [-0.15, -0.1) is 0 Å². The Morgan fingerprint density at radius 2 is 1.81 bits per heavy atom. The van der Waals surface area contributed by atoms with Gasteiger partial charge in [-0.05, 0) is 42.8 Å². The molecule has 112 valence electrons. The van der Waals surface area contributed by atoms with Gasteiger partial charge in [0.05, 0.1) is 10.6 Å². The maximum absolute atomic E-state index is 13.1. The van der Waals surface area contributed by atoms with Crippen molar-refractivity contribution in [3.05, 3.63) is 64.4 Å². The van der Waals surface area contributed by atoms with Crippen molar-refractivity contribution in [2.45, 2.75) is 19.1 Å². The van der Waals surface area contributed by atoms with Crippen LogP contribution in [0.5, 0.6) is 0 Å². The van der Waals surface area contributed by atoms with Gasteiger partial charge in [-0.25, -0.2) is 4.39 Å². The molecule has 0 spiro atoms. The molecule has 21 heavy (non-hydrogen) atoms. The number of hydrogen-bond donors (Lipinski definition) is 1. The third kappa shape index (κ3) is 3.88. The molecule has 0 amide bonds. The van der Waals surface area contributed by atoms with E-state index >= 15 is 0 Å². The maximum Gasteiger partial charge on any atom is 0.416 e. The van der Waals surface area contributed by atoms with E-state index in [0.717, 1.165) is 12.1 Å². The molecule has 0 saturated carbocycles. The van der Waals surface area contributed by atoms with Gasteiger partial charge in [-0.1, -0.05) is 23.7 Å². The van der Waals surface area contributed by atoms with Gasteiger partial charge in [-0.2, -0.15) is 13.2 Å². The number of anilines is 1. The summed E-state index contributed by atoms with van der Waals surface area (Å²) in [6.07, 6.45) is -4.39. The minimum atomic E-state index is -4.39. The second kappa shape index (κ2) is 5.93. The quantitative estimate of drug-likeness (QED) is 0.719. The van der Waals surface area contributed by atoms with E-state index in [9.17, 15) is 17.6 Å². The lowest BCUT2D eigenvalue weighted by molar-refractivity contribution is -0.137. The smallest absolute Gasteiger partial charge is 0.379 e. The van der Waals surface area contributed by atoms with Crippen LogP contribution in [0.1, 0.15) is 24.1 Å². The third-order valence-corrected chi connectivity index (χ3v) is 3.31. The first-order valence-corrected chi connectivity index (χ1v) is 6.54. The number of rotatable bonds is 3. The Morgan fingerprint density at radius 1 is 1.10 bits per heavy atom. The monoisotopic (exact) mass is 317 g/mol. The van der Waals surface area contributed by atoms with Gasteiger partial charge >= 0.3 is 6.18 Å². The zero-order valence-electron chi connectivity index (χ0n) is 11.0. The highest BCUT2D eigenvalue weighted by Gasteiger charge is 2.30. The van der Waals surface area contributed by atoms with Gasteiger partial charge < -0.3 is 5.32 Å². The fourth-order valence-corrected chi connectivity index (χ4v) is 2.09. The largest absolute Gasteiger partial charge is 0.416 e. The highest BCUT2D eigenvalue weighted by atomic mass is 35.5. The van der Waals surface area contributed by atoms with Gasteiger partial charge in [0.2, 0.25) is 0 Å². The Hall–Kier alpha value is -1.75. The first-order valence-electron chi connectivity index (χ1n) is 6.16. The summed E-state index contributed by atoms with van der Waals surface area (Å²) in [7, 11) is 0. The van der Waals surface area contributed by atoms with Crippen LogP contribution in [-0.4, -0.2) is 0 Å². The van der Waals surface area contributed by atoms with Crippen molar-refractivity contribution in [1.29, 1.82) is 0 Å². The van der Waals surface area contributed by atoms with Crippen molar-refractivity contribution in [1.82, 2.24) is 0 Å². The summed E-state index contributed by atoms with van der Waals surface area (Å²) >= 11 is 5.69. The fraction of sp³-hybridized carbons (Fsp3) is 0.200. The molecule has 1 unspecified atom stereocenters. The predicted molar refractivity (Wildman–Crippen MR) is 74.9 cm³/mol. The van der Waals surface area contributed by atoms with E-state index < -0.39 is 17.6 Å². The van der Waals surface area contributed by atoms with Crippen molar-refractivity contribution in [3.8, 4) is 0 Å². The van der Waals surface area contributed by atoms with Crippen LogP contribution in [0.25, 0.3) is 0 Å². The molecular formula is C15H12ClF4N. The minimum absolute atomic E-state index is 0.0230. The van der Waals surface area contributed by atoms with E-state index in [-0.39, 0.29) is 11.1 Å². The number of nitrogens with one attached hydrogen (secondary N) is 1. The zero-order valence-corrected chi connectivity index (χ0v) is 11.8. The molecule has 0 aliphatic heterocycles. The van der Waals surface area contributed by atoms with Crippen LogP contribution >= 0.6 is 11.6 Å². The molecule has 0 saturated heterocycles. The average Bonchev–Trinajstić information content (AvgIpc) is 2.41. The lowest BCUT2D eigenvalue weighted by atomic mass is 10.1. The first-order chi connectivity index (χ1) is 9.77. The van der Waals surface area contributed by atoms with Gasteiger partial charge in [-0.3, -0.25) is 0 Å². The normalized spacial score (nSPS) is 13.0. The number of hydrogen-bond acceptors (Lipinski definition) is 1. The van der Waals surface area contributed by atoms with E-state index in [1.54, 1.807) is 6.92 Å². The number of halogens is 5. The highest BCUT2D eigenvalue weighted by Crippen LogP contribution is 2.31. The highest BCUT2D eigenvalue weighted by molar-refractivity contribution is 6.30. The van der Waals surface area contributed by atoms with Crippen LogP contribution in [0.2, 0.25) is 5.02 Å². The van der Waals surface area contributed by atoms with Gasteiger partial charge in [0.25, 0.3) is 0 Å². The Morgan fingerprint density at radius 3 is 2.43 bits per heavy atom. The molecule has 0 aliphatic carbocycles. The Kier molecular flexibility index (Phi) is 4.42. The Bertz CT molecular complexity index is 640. The second-order valence-electron chi connectivity index (χ2n) is 4.62. The fourth-order valence-electron chi connectivity index (χ4n) is 1.90. The standard InChI is InChI=1S/C15H12ClF4N/c1-9(10-5-6-14(17)13(16)7-10)21-12-4-2-3-11(8-12)15(18,19)20/h2-9,21H,1H3. The van der Waals surface area contributed by atoms with Gasteiger partial charge in [0.1, 0.15) is 5.82 Å². The van der Waals surface area contributed by atoms with Gasteiger partial charge in [0, 0.05) is 11.7 Å². The zero-order chi connectivity index (χ0) is 15.6. The molecule has 0 aliphatic rings. The molecule has 0 bridgehead atoms. The molecule has 6 heteroatoms. The summed E-state index contributed by atoms with van der Waals surface area (Å²) in [6, 6.07) is 8.79. The summed E-state index contributed by atoms with van der Waals surface area (Å²) in [5, 5.41) is 2.91. The molecule has 0 heterocycles. The summed E-state index contributed by atoms with van der Waals surface area (Å²) in [4.78, 5) is 0. The number of benzene rings is 2. The van der Waals surface area contributed by atoms with E-state index in [1.807, 2.05) is 0 Å². The molecule has 0 fully saturated rings. The van der Waals surface area contributed by atoms with E-state index in [0.29, 0.717) is 11.3 Å². The summed E-state index contributed by atoms with van der Waals surface area (Å²) < 4.78 is 51.0. The topological polar surface area (TPSA) is 12.0 Å². The van der Waals surface area contributed by atoms with Crippen molar-refractivity contribution >= 4 is 17.3 Å². The summed E-state index contributed by atoms with van der Waals surface area (Å²) in [5.74, 6) is -0.535. The summed E-state index contributed by atoms with van der Waals surface area (Å²) in [5.41, 5.74) is 0.286. The number of alkyl halides is 3. The Balaban J connectivity index is 2.19. The summed E-state index contributed by atoms with van der Waals surface area (Å²) in [6.45, 7) is 1.75. The van der Waals surface area contributed by atoms with Crippen LogP contribution in [0, 0.1) is 5.82 Å². The molecule has 2 aromatic carbocycles. The lowest BCUT2D eigenvalue weighted by Crippen LogP contribution is -2.09. The third-order valence-electron chi connectivity index (χ3n) is 3.02. The SMILES string of the molecule is CC(Nc1cccc(C(F)(F)F)c1)c1ccc(F)c(Cl)c1. The maximum atomic E-state index is 13.1. The second-order valence-corrected chi connectivity index (χ2v) is 5.03.